The van der Waals surface area contributed by atoms with Crippen molar-refractivity contribution < 1.29 is 27.4 Å². The molecule has 2 heterocycles. The van der Waals surface area contributed by atoms with Crippen molar-refractivity contribution in [1.29, 1.82) is 0 Å². The number of likely N-dealkylation sites (tertiary alicyclic amines) is 1. The Morgan fingerprint density at radius 2 is 1.74 bits per heavy atom. The average Bonchev–Trinajstić information content (AvgIpc) is 3.03. The summed E-state index contributed by atoms with van der Waals surface area (Å²) in [6, 6.07) is 10.9. The van der Waals surface area contributed by atoms with Crippen molar-refractivity contribution in [2.75, 3.05) is 43.5 Å². The van der Waals surface area contributed by atoms with Crippen molar-refractivity contribution in [1.82, 2.24) is 14.9 Å². The Morgan fingerprint density at radius 3 is 2.40 bits per heavy atom. The fourth-order valence-electron chi connectivity index (χ4n) is 5.74. The molecule has 1 saturated heterocycles. The lowest BCUT2D eigenvalue weighted by Crippen LogP contribution is -2.35. The van der Waals surface area contributed by atoms with E-state index in [1.165, 1.54) is 11.8 Å². The number of hydrogen-bond donors (Lipinski definition) is 2. The molecule has 3 aromatic rings. The maximum Gasteiger partial charge on any atom is 0.308 e. The van der Waals surface area contributed by atoms with E-state index < -0.39 is 20.7 Å². The molecule has 0 radical (unpaired) electrons. The maximum absolute atomic E-state index is 13.0. The molecule has 1 fully saturated rings. The predicted molar refractivity (Wildman–Crippen MR) is 199 cm³/mol. The summed E-state index contributed by atoms with van der Waals surface area (Å²) in [6.45, 7) is 18.6. The summed E-state index contributed by atoms with van der Waals surface area (Å²) in [6.07, 6.45) is 3.69. The monoisotopic (exact) mass is 729 g/mol. The molecule has 1 aromatic heterocycles. The zero-order chi connectivity index (χ0) is 36.6. The first kappa shape index (κ1) is 39.3. The van der Waals surface area contributed by atoms with Gasteiger partial charge in [0, 0.05) is 6.54 Å². The van der Waals surface area contributed by atoms with Gasteiger partial charge in [-0.2, -0.15) is 4.98 Å². The molecule has 0 unspecified atom stereocenters. The van der Waals surface area contributed by atoms with Gasteiger partial charge in [0.25, 0.3) is 0 Å². The third kappa shape index (κ3) is 11.0. The number of carbonyl (C=O) groups is 1. The molecule has 274 valence electrons. The third-order valence-corrected chi connectivity index (χ3v) is 10.7. The lowest BCUT2D eigenvalue weighted by Gasteiger charge is -2.33. The number of nitrogens with zero attached hydrogens (tertiary/aromatic N) is 3. The molecule has 0 amide bonds. The number of esters is 1. The van der Waals surface area contributed by atoms with Crippen LogP contribution in [-0.4, -0.2) is 79.1 Å². The number of piperidine rings is 1. The maximum atomic E-state index is 13.0. The summed E-state index contributed by atoms with van der Waals surface area (Å²) in [5, 5.41) is 6.07. The standard InChI is InChI=1S/C37H52ClN5O6S/c1-24(2)48-32-22-28(27-13-16-43(17-14-27)18-20-47-19-15-34(44)49-37(6,7)8)26(5)21-31(32)41-36-39-23-29(38)35(42-36)40-30-11-9-10-12-33(30)50(45,46)25(3)4/h9-12,21-25,27H,13-20H2,1-8H3,(H2,39,40,41,42). The fourth-order valence-corrected chi connectivity index (χ4v) is 7.08. The van der Waals surface area contributed by atoms with E-state index >= 15 is 0 Å². The molecule has 4 rings (SSSR count). The molecular weight excluding hydrogens is 678 g/mol. The Balaban J connectivity index is 1.42. The molecule has 0 saturated carbocycles. The summed E-state index contributed by atoms with van der Waals surface area (Å²) in [4.78, 5) is 23.5. The molecular formula is C37H52ClN5O6S. The quantitative estimate of drug-likeness (QED) is 0.117. The van der Waals surface area contributed by atoms with Crippen molar-refractivity contribution in [3.05, 3.63) is 58.7 Å². The predicted octanol–water partition coefficient (Wildman–Crippen LogP) is 7.82. The molecule has 0 atom stereocenters. The second-order valence-electron chi connectivity index (χ2n) is 14.2. The molecule has 1 aliphatic rings. The van der Waals surface area contributed by atoms with Crippen LogP contribution in [-0.2, 0) is 24.1 Å². The molecule has 1 aliphatic heterocycles. The summed E-state index contributed by atoms with van der Waals surface area (Å²) in [7, 11) is -3.56. The van der Waals surface area contributed by atoms with Crippen LogP contribution in [0.3, 0.4) is 0 Å². The highest BCUT2D eigenvalue weighted by Gasteiger charge is 2.25. The molecule has 0 bridgehead atoms. The van der Waals surface area contributed by atoms with Crippen molar-refractivity contribution in [3.63, 3.8) is 0 Å². The summed E-state index contributed by atoms with van der Waals surface area (Å²) in [5.74, 6) is 1.39. The molecule has 11 nitrogen and oxygen atoms in total. The molecule has 2 aromatic carbocycles. The van der Waals surface area contributed by atoms with Crippen LogP contribution in [0.5, 0.6) is 5.75 Å². The number of hydrogen-bond acceptors (Lipinski definition) is 11. The first-order chi connectivity index (χ1) is 23.5. The van der Waals surface area contributed by atoms with E-state index in [9.17, 15) is 13.2 Å². The number of aryl methyl sites for hydroxylation is 1. The average molecular weight is 730 g/mol. The number of sulfone groups is 1. The van der Waals surface area contributed by atoms with E-state index in [1.54, 1.807) is 38.1 Å². The summed E-state index contributed by atoms with van der Waals surface area (Å²) in [5.41, 5.74) is 3.00. The van der Waals surface area contributed by atoms with Crippen LogP contribution in [0.4, 0.5) is 23.1 Å². The van der Waals surface area contributed by atoms with Gasteiger partial charge in [0.05, 0.1) is 53.5 Å². The van der Waals surface area contributed by atoms with Crippen molar-refractivity contribution in [3.8, 4) is 5.75 Å². The first-order valence-electron chi connectivity index (χ1n) is 17.3. The molecule has 13 heteroatoms. The van der Waals surface area contributed by atoms with Gasteiger partial charge in [-0.25, -0.2) is 13.4 Å². The van der Waals surface area contributed by atoms with E-state index in [-0.39, 0.29) is 40.2 Å². The van der Waals surface area contributed by atoms with Crippen molar-refractivity contribution in [2.45, 2.75) is 102 Å². The van der Waals surface area contributed by atoms with E-state index in [0.717, 1.165) is 43.7 Å². The third-order valence-electron chi connectivity index (χ3n) is 8.24. The smallest absolute Gasteiger partial charge is 0.308 e. The second-order valence-corrected chi connectivity index (χ2v) is 17.0. The number of para-hydroxylation sites is 1. The van der Waals surface area contributed by atoms with Gasteiger partial charge >= 0.3 is 5.97 Å². The SMILES string of the molecule is Cc1cc(Nc2ncc(Cl)c(Nc3ccccc3S(=O)(=O)C(C)C)n2)c(OC(C)C)cc1C1CCN(CCOCCC(=O)OC(C)(C)C)CC1. The second kappa shape index (κ2) is 17.2. The van der Waals surface area contributed by atoms with Gasteiger partial charge in [-0.1, -0.05) is 23.7 Å². The number of anilines is 4. The van der Waals surface area contributed by atoms with Crippen LogP contribution in [0.25, 0.3) is 0 Å². The van der Waals surface area contributed by atoms with Gasteiger partial charge in [0.2, 0.25) is 5.95 Å². The van der Waals surface area contributed by atoms with Crippen LogP contribution >= 0.6 is 11.6 Å². The Morgan fingerprint density at radius 1 is 1.04 bits per heavy atom. The van der Waals surface area contributed by atoms with Crippen LogP contribution in [0.1, 0.15) is 84.8 Å². The van der Waals surface area contributed by atoms with Gasteiger partial charge in [0.1, 0.15) is 16.4 Å². The van der Waals surface area contributed by atoms with Crippen LogP contribution < -0.4 is 15.4 Å². The number of ether oxygens (including phenoxy) is 3. The molecule has 2 N–H and O–H groups in total. The number of carbonyl (C=O) groups excluding carboxylic acids is 1. The number of rotatable bonds is 15. The topological polar surface area (TPSA) is 132 Å². The van der Waals surface area contributed by atoms with Gasteiger partial charge in [-0.3, -0.25) is 4.79 Å². The van der Waals surface area contributed by atoms with Crippen LogP contribution in [0, 0.1) is 6.92 Å². The van der Waals surface area contributed by atoms with Crippen molar-refractivity contribution in [2.24, 2.45) is 0 Å². The van der Waals surface area contributed by atoms with Gasteiger partial charge in [-0.15, -0.1) is 0 Å². The van der Waals surface area contributed by atoms with Crippen LogP contribution in [0.2, 0.25) is 5.02 Å². The highest BCUT2D eigenvalue weighted by Crippen LogP contribution is 2.38. The lowest BCUT2D eigenvalue weighted by atomic mass is 9.86. The Hall–Kier alpha value is -3.45. The molecule has 50 heavy (non-hydrogen) atoms. The minimum Gasteiger partial charge on any atom is -0.489 e. The largest absolute Gasteiger partial charge is 0.489 e. The Kier molecular flexibility index (Phi) is 13.5. The van der Waals surface area contributed by atoms with E-state index in [2.05, 4.69) is 44.6 Å². The Labute approximate surface area is 302 Å². The fraction of sp³-hybridized carbons (Fsp3) is 0.541. The summed E-state index contributed by atoms with van der Waals surface area (Å²) < 4.78 is 43.4. The number of benzene rings is 2. The van der Waals surface area contributed by atoms with Gasteiger partial charge in [-0.05, 0) is 123 Å². The highest BCUT2D eigenvalue weighted by molar-refractivity contribution is 7.92. The van der Waals surface area contributed by atoms with E-state index in [4.69, 9.17) is 25.8 Å². The summed E-state index contributed by atoms with van der Waals surface area (Å²) >= 11 is 6.48. The highest BCUT2D eigenvalue weighted by atomic mass is 35.5. The first-order valence-corrected chi connectivity index (χ1v) is 19.2. The Bertz CT molecular complexity index is 1720. The number of aromatic nitrogens is 2. The number of halogens is 1. The van der Waals surface area contributed by atoms with Crippen molar-refractivity contribution >= 4 is 50.5 Å². The minimum atomic E-state index is -3.56. The number of nitrogens with one attached hydrogen (secondary N) is 2. The van der Waals surface area contributed by atoms with E-state index in [1.807, 2.05) is 34.6 Å². The van der Waals surface area contributed by atoms with E-state index in [0.29, 0.717) is 30.6 Å². The molecule has 0 aliphatic carbocycles. The lowest BCUT2D eigenvalue weighted by molar-refractivity contribution is -0.156. The van der Waals surface area contributed by atoms with Crippen LogP contribution in [0.15, 0.2) is 47.5 Å². The minimum absolute atomic E-state index is 0.0638. The van der Waals surface area contributed by atoms with Gasteiger partial charge in [0.15, 0.2) is 15.7 Å². The molecule has 0 spiro atoms. The normalized spacial score (nSPS) is 14.6. The van der Waals surface area contributed by atoms with Gasteiger partial charge < -0.3 is 29.7 Å². The zero-order valence-corrected chi connectivity index (χ0v) is 32.1. The zero-order valence-electron chi connectivity index (χ0n) is 30.5.